The third-order valence-corrected chi connectivity index (χ3v) is 5.55. The summed E-state index contributed by atoms with van der Waals surface area (Å²) in [7, 11) is 0. The molecule has 4 atom stereocenters. The number of carboxylic acids is 1. The van der Waals surface area contributed by atoms with Gasteiger partial charge in [-0.25, -0.2) is 0 Å². The number of carbonyl (C=O) groups is 3. The first-order chi connectivity index (χ1) is 14.0. The van der Waals surface area contributed by atoms with Crippen LogP contribution in [0.5, 0.6) is 0 Å². The molecule has 2 saturated heterocycles. The lowest BCUT2D eigenvalue weighted by Crippen LogP contribution is -2.41. The SMILES string of the molecule is O=C(NCc1ccccc1)c1cccc(NC(=O)[C@@H]2[C@H](C(=O)O)[C@H]3CC[C@H]2O3)c1. The molecule has 7 heteroatoms. The van der Waals surface area contributed by atoms with Crippen molar-refractivity contribution in [3.8, 4) is 0 Å². The lowest BCUT2D eigenvalue weighted by atomic mass is 9.78. The first-order valence-electron chi connectivity index (χ1n) is 9.64. The molecule has 0 spiro atoms. The molecule has 0 unspecified atom stereocenters. The van der Waals surface area contributed by atoms with Gasteiger partial charge in [-0.1, -0.05) is 36.4 Å². The van der Waals surface area contributed by atoms with Gasteiger partial charge in [0.2, 0.25) is 5.91 Å². The van der Waals surface area contributed by atoms with Crippen LogP contribution in [0.1, 0.15) is 28.8 Å². The first kappa shape index (κ1) is 19.1. The van der Waals surface area contributed by atoms with E-state index in [1.165, 1.54) is 0 Å². The first-order valence-corrected chi connectivity index (χ1v) is 9.64. The molecule has 2 aromatic rings. The van der Waals surface area contributed by atoms with E-state index in [4.69, 9.17) is 4.74 Å². The predicted octanol–water partition coefficient (Wildman–Crippen LogP) is 2.43. The third kappa shape index (κ3) is 4.00. The number of hydrogen-bond donors (Lipinski definition) is 3. The summed E-state index contributed by atoms with van der Waals surface area (Å²) in [6.45, 7) is 0.402. The molecule has 4 rings (SSSR count). The standard InChI is InChI=1S/C22H22N2O5/c25-20(23-12-13-5-2-1-3-6-13)14-7-4-8-15(11-14)24-21(26)18-16-9-10-17(29-16)19(18)22(27)28/h1-8,11,16-19H,9-10,12H2,(H,23,25)(H,24,26)(H,27,28)/t16-,17-,18+,19-/m1/s1. The maximum atomic E-state index is 12.8. The monoisotopic (exact) mass is 394 g/mol. The molecule has 3 N–H and O–H groups in total. The second-order valence-corrected chi connectivity index (χ2v) is 7.42. The van der Waals surface area contributed by atoms with E-state index >= 15 is 0 Å². The summed E-state index contributed by atoms with van der Waals surface area (Å²) < 4.78 is 5.65. The molecule has 7 nitrogen and oxygen atoms in total. The van der Waals surface area contributed by atoms with Gasteiger partial charge in [-0.05, 0) is 36.6 Å². The van der Waals surface area contributed by atoms with Crippen molar-refractivity contribution in [2.75, 3.05) is 5.32 Å². The zero-order chi connectivity index (χ0) is 20.4. The Morgan fingerprint density at radius 3 is 2.41 bits per heavy atom. The van der Waals surface area contributed by atoms with Gasteiger partial charge in [0.1, 0.15) is 0 Å². The van der Waals surface area contributed by atoms with Crippen molar-refractivity contribution in [2.45, 2.75) is 31.6 Å². The Morgan fingerprint density at radius 1 is 0.966 bits per heavy atom. The number of rotatable bonds is 6. The lowest BCUT2D eigenvalue weighted by Gasteiger charge is -2.23. The van der Waals surface area contributed by atoms with Crippen LogP contribution < -0.4 is 10.6 Å². The van der Waals surface area contributed by atoms with E-state index in [9.17, 15) is 19.5 Å². The van der Waals surface area contributed by atoms with Crippen LogP contribution in [-0.2, 0) is 20.9 Å². The Balaban J connectivity index is 1.41. The van der Waals surface area contributed by atoms with E-state index in [1.54, 1.807) is 24.3 Å². The van der Waals surface area contributed by atoms with Gasteiger partial charge in [0, 0.05) is 17.8 Å². The van der Waals surface area contributed by atoms with E-state index in [0.29, 0.717) is 30.6 Å². The smallest absolute Gasteiger partial charge is 0.310 e. The van der Waals surface area contributed by atoms with Crippen molar-refractivity contribution in [1.82, 2.24) is 5.32 Å². The van der Waals surface area contributed by atoms with Gasteiger partial charge in [0.15, 0.2) is 0 Å². The maximum absolute atomic E-state index is 12.8. The molecule has 2 aromatic carbocycles. The molecule has 0 saturated carbocycles. The van der Waals surface area contributed by atoms with Crippen LogP contribution in [0.4, 0.5) is 5.69 Å². The minimum Gasteiger partial charge on any atom is -0.481 e. The summed E-state index contributed by atoms with van der Waals surface area (Å²) in [5.74, 6) is -3.19. The minimum absolute atomic E-state index is 0.253. The Kier molecular flexibility index (Phi) is 5.31. The molecular formula is C22H22N2O5. The van der Waals surface area contributed by atoms with Crippen molar-refractivity contribution in [2.24, 2.45) is 11.8 Å². The summed E-state index contributed by atoms with van der Waals surface area (Å²) >= 11 is 0. The van der Waals surface area contributed by atoms with Crippen molar-refractivity contribution in [1.29, 1.82) is 0 Å². The number of benzene rings is 2. The minimum atomic E-state index is -1.01. The van der Waals surface area contributed by atoms with E-state index in [1.807, 2.05) is 30.3 Å². The number of carboxylic acid groups (broad SMARTS) is 1. The molecule has 150 valence electrons. The lowest BCUT2D eigenvalue weighted by molar-refractivity contribution is -0.147. The average molecular weight is 394 g/mol. The molecule has 2 aliphatic rings. The summed E-state index contributed by atoms with van der Waals surface area (Å²) in [6, 6.07) is 16.2. The maximum Gasteiger partial charge on any atom is 0.310 e. The number of fused-ring (bicyclic) bond motifs is 2. The van der Waals surface area contributed by atoms with Crippen LogP contribution in [0, 0.1) is 11.8 Å². The highest BCUT2D eigenvalue weighted by Crippen LogP contribution is 2.44. The highest BCUT2D eigenvalue weighted by molar-refractivity contribution is 5.99. The van der Waals surface area contributed by atoms with Crippen LogP contribution in [-0.4, -0.2) is 35.1 Å². The number of aliphatic carboxylic acids is 1. The van der Waals surface area contributed by atoms with Crippen LogP contribution >= 0.6 is 0 Å². The molecule has 0 aromatic heterocycles. The normalized spacial score (nSPS) is 24.8. The van der Waals surface area contributed by atoms with Crippen LogP contribution in [0.3, 0.4) is 0 Å². The number of ether oxygens (including phenoxy) is 1. The highest BCUT2D eigenvalue weighted by atomic mass is 16.5. The van der Waals surface area contributed by atoms with Crippen LogP contribution in [0.2, 0.25) is 0 Å². The molecule has 2 aliphatic heterocycles. The van der Waals surface area contributed by atoms with E-state index < -0.39 is 23.9 Å². The van der Waals surface area contributed by atoms with E-state index in [2.05, 4.69) is 10.6 Å². The summed E-state index contributed by atoms with van der Waals surface area (Å²) in [5, 5.41) is 15.1. The third-order valence-electron chi connectivity index (χ3n) is 5.55. The zero-order valence-corrected chi connectivity index (χ0v) is 15.7. The van der Waals surface area contributed by atoms with Gasteiger partial charge >= 0.3 is 5.97 Å². The number of carbonyl (C=O) groups excluding carboxylic acids is 2. The molecule has 0 radical (unpaired) electrons. The molecule has 29 heavy (non-hydrogen) atoms. The van der Waals surface area contributed by atoms with Crippen molar-refractivity contribution in [3.63, 3.8) is 0 Å². The molecule has 2 heterocycles. The van der Waals surface area contributed by atoms with Gasteiger partial charge in [-0.15, -0.1) is 0 Å². The van der Waals surface area contributed by atoms with Gasteiger partial charge in [0.05, 0.1) is 24.0 Å². The fourth-order valence-corrected chi connectivity index (χ4v) is 4.17. The second kappa shape index (κ2) is 8.05. The topological polar surface area (TPSA) is 105 Å². The molecule has 2 amide bonds. The van der Waals surface area contributed by atoms with Crippen molar-refractivity contribution in [3.05, 3.63) is 65.7 Å². The summed E-state index contributed by atoms with van der Waals surface area (Å²) in [4.78, 5) is 36.8. The zero-order valence-electron chi connectivity index (χ0n) is 15.7. The molecule has 0 aliphatic carbocycles. The Labute approximate surface area is 168 Å². The highest BCUT2D eigenvalue weighted by Gasteiger charge is 2.55. The fraction of sp³-hybridized carbons (Fsp3) is 0.318. The summed E-state index contributed by atoms with van der Waals surface area (Å²) in [5.41, 5.74) is 1.85. The van der Waals surface area contributed by atoms with Gasteiger partial charge in [0.25, 0.3) is 5.91 Å². The number of anilines is 1. The number of nitrogens with one attached hydrogen (secondary N) is 2. The van der Waals surface area contributed by atoms with Crippen LogP contribution in [0.25, 0.3) is 0 Å². The average Bonchev–Trinajstić information content (AvgIpc) is 3.34. The van der Waals surface area contributed by atoms with E-state index in [-0.39, 0.29) is 17.9 Å². The second-order valence-electron chi connectivity index (χ2n) is 7.42. The Hall–Kier alpha value is -3.19. The Morgan fingerprint density at radius 2 is 1.69 bits per heavy atom. The van der Waals surface area contributed by atoms with Crippen molar-refractivity contribution < 1.29 is 24.2 Å². The van der Waals surface area contributed by atoms with Gasteiger partial charge in [-0.3, -0.25) is 14.4 Å². The van der Waals surface area contributed by atoms with Gasteiger partial charge < -0.3 is 20.5 Å². The fourth-order valence-electron chi connectivity index (χ4n) is 4.17. The predicted molar refractivity (Wildman–Crippen MR) is 105 cm³/mol. The largest absolute Gasteiger partial charge is 0.481 e. The quantitative estimate of drug-likeness (QED) is 0.698. The Bertz CT molecular complexity index is 930. The van der Waals surface area contributed by atoms with Crippen LogP contribution in [0.15, 0.2) is 54.6 Å². The van der Waals surface area contributed by atoms with Gasteiger partial charge in [-0.2, -0.15) is 0 Å². The van der Waals surface area contributed by atoms with Crippen molar-refractivity contribution >= 4 is 23.5 Å². The summed E-state index contributed by atoms with van der Waals surface area (Å²) in [6.07, 6.45) is 0.596. The van der Waals surface area contributed by atoms with E-state index in [0.717, 1.165) is 5.56 Å². The molecular weight excluding hydrogens is 372 g/mol. The molecule has 2 bridgehead atoms. The number of amides is 2. The molecule has 2 fully saturated rings. The number of hydrogen-bond acceptors (Lipinski definition) is 4.